The Kier molecular flexibility index (Phi) is 5.70. The minimum absolute atomic E-state index is 0.337. The number of amides is 2. The minimum Gasteiger partial charge on any atom is -0.378 e. The average Bonchev–Trinajstić information content (AvgIpc) is 3.08. The number of carbonyl (C=O) groups is 2. The quantitative estimate of drug-likeness (QED) is 0.661. The number of rotatable bonds is 4. The molecule has 0 aliphatic carbocycles. The molecule has 6 nitrogen and oxygen atoms in total. The van der Waals surface area contributed by atoms with Crippen molar-refractivity contribution in [1.29, 1.82) is 0 Å². The number of hydrogen-bond donors (Lipinski definition) is 2. The maximum absolute atomic E-state index is 13.1. The number of anilines is 1. The van der Waals surface area contributed by atoms with Crippen molar-refractivity contribution in [3.8, 4) is 10.6 Å². The van der Waals surface area contributed by atoms with E-state index in [1.54, 1.807) is 37.3 Å². The summed E-state index contributed by atoms with van der Waals surface area (Å²) in [6.45, 7) is 1.71. The van der Waals surface area contributed by atoms with Crippen molar-refractivity contribution in [2.24, 2.45) is 0 Å². The molecule has 3 rings (SSSR count). The van der Waals surface area contributed by atoms with E-state index in [-0.39, 0.29) is 5.82 Å². The van der Waals surface area contributed by atoms with Gasteiger partial charge < -0.3 is 4.90 Å². The molecule has 0 spiro atoms. The van der Waals surface area contributed by atoms with E-state index < -0.39 is 11.8 Å². The number of aryl methyl sites for hydroxylation is 1. The summed E-state index contributed by atoms with van der Waals surface area (Å²) >= 11 is 1.18. The van der Waals surface area contributed by atoms with Gasteiger partial charge in [-0.25, -0.2) is 9.37 Å². The summed E-state index contributed by atoms with van der Waals surface area (Å²) in [7, 11) is 3.76. The molecule has 0 aliphatic heterocycles. The minimum atomic E-state index is -0.458. The number of hydrogen-bond acceptors (Lipinski definition) is 5. The summed E-state index contributed by atoms with van der Waals surface area (Å²) in [4.78, 5) is 31.4. The zero-order valence-electron chi connectivity index (χ0n) is 15.6. The van der Waals surface area contributed by atoms with Gasteiger partial charge in [0.15, 0.2) is 0 Å². The highest BCUT2D eigenvalue weighted by atomic mass is 32.1. The van der Waals surface area contributed by atoms with Crippen LogP contribution >= 0.6 is 11.3 Å². The number of nitrogens with zero attached hydrogens (tertiary/aromatic N) is 2. The Balaban J connectivity index is 1.69. The molecule has 0 saturated carbocycles. The van der Waals surface area contributed by atoms with Crippen molar-refractivity contribution >= 4 is 28.8 Å². The van der Waals surface area contributed by atoms with Crippen molar-refractivity contribution in [1.82, 2.24) is 15.8 Å². The Hall–Kier alpha value is -3.26. The number of hydrazine groups is 1. The molecule has 0 fully saturated rings. The standard InChI is InChI=1S/C20H19FN4O2S/c1-12-17(28-20(22-12)13-7-9-15(21)10-8-13)19(27)24-23-18(26)14-5-4-6-16(11-14)25(2)3/h4-11H,1-3H3,(H,23,26)(H,24,27). The van der Waals surface area contributed by atoms with Crippen LogP contribution in [0.25, 0.3) is 10.6 Å². The number of thiazole rings is 1. The van der Waals surface area contributed by atoms with Crippen LogP contribution in [0.3, 0.4) is 0 Å². The van der Waals surface area contributed by atoms with Crippen LogP contribution in [0.5, 0.6) is 0 Å². The third-order valence-corrected chi connectivity index (χ3v) is 5.21. The van der Waals surface area contributed by atoms with Crippen molar-refractivity contribution in [3.63, 3.8) is 0 Å². The van der Waals surface area contributed by atoms with Crippen LogP contribution in [-0.2, 0) is 0 Å². The van der Waals surface area contributed by atoms with Crippen LogP contribution in [0.2, 0.25) is 0 Å². The topological polar surface area (TPSA) is 74.3 Å². The number of aromatic nitrogens is 1. The fourth-order valence-corrected chi connectivity index (χ4v) is 3.46. The summed E-state index contributed by atoms with van der Waals surface area (Å²) < 4.78 is 13.1. The van der Waals surface area contributed by atoms with Gasteiger partial charge in [0.2, 0.25) is 0 Å². The molecule has 8 heteroatoms. The molecule has 0 atom stereocenters. The lowest BCUT2D eigenvalue weighted by Crippen LogP contribution is -2.41. The Bertz CT molecular complexity index is 1020. The molecule has 1 heterocycles. The Morgan fingerprint density at radius 1 is 1.04 bits per heavy atom. The second-order valence-electron chi connectivity index (χ2n) is 6.29. The van der Waals surface area contributed by atoms with Crippen molar-refractivity contribution in [3.05, 3.63) is 70.5 Å². The van der Waals surface area contributed by atoms with Crippen LogP contribution in [0.15, 0.2) is 48.5 Å². The second-order valence-corrected chi connectivity index (χ2v) is 7.29. The van der Waals surface area contributed by atoms with E-state index in [9.17, 15) is 14.0 Å². The first-order chi connectivity index (χ1) is 13.3. The van der Waals surface area contributed by atoms with E-state index in [0.717, 1.165) is 11.3 Å². The molecular weight excluding hydrogens is 379 g/mol. The molecule has 1 aromatic heterocycles. The molecule has 144 valence electrons. The molecular formula is C20H19FN4O2S. The highest BCUT2D eigenvalue weighted by molar-refractivity contribution is 7.17. The Morgan fingerprint density at radius 3 is 2.39 bits per heavy atom. The van der Waals surface area contributed by atoms with E-state index in [0.29, 0.717) is 21.1 Å². The molecule has 0 unspecified atom stereocenters. The summed E-state index contributed by atoms with van der Waals surface area (Å²) in [5.41, 5.74) is 7.40. The van der Waals surface area contributed by atoms with Crippen LogP contribution in [0.1, 0.15) is 25.7 Å². The largest absolute Gasteiger partial charge is 0.378 e. The summed E-state index contributed by atoms with van der Waals surface area (Å²) in [6, 6.07) is 12.9. The predicted molar refractivity (Wildman–Crippen MR) is 108 cm³/mol. The van der Waals surface area contributed by atoms with Gasteiger partial charge in [0.25, 0.3) is 11.8 Å². The van der Waals surface area contributed by atoms with Gasteiger partial charge in [-0.05, 0) is 49.4 Å². The Labute approximate surface area is 166 Å². The first kappa shape index (κ1) is 19.5. The molecule has 2 aromatic carbocycles. The lowest BCUT2D eigenvalue weighted by molar-refractivity contribution is 0.0848. The molecule has 0 radical (unpaired) electrons. The number of benzene rings is 2. The zero-order valence-corrected chi connectivity index (χ0v) is 16.4. The van der Waals surface area contributed by atoms with Crippen molar-refractivity contribution < 1.29 is 14.0 Å². The van der Waals surface area contributed by atoms with Crippen molar-refractivity contribution in [2.75, 3.05) is 19.0 Å². The van der Waals surface area contributed by atoms with Gasteiger partial charge in [0.05, 0.1) is 5.69 Å². The van der Waals surface area contributed by atoms with Gasteiger partial charge >= 0.3 is 0 Å². The first-order valence-electron chi connectivity index (χ1n) is 8.46. The van der Waals surface area contributed by atoms with Gasteiger partial charge in [-0.15, -0.1) is 11.3 Å². The molecule has 28 heavy (non-hydrogen) atoms. The summed E-state index contributed by atoms with van der Waals surface area (Å²) in [5.74, 6) is -1.21. The van der Waals surface area contributed by atoms with Gasteiger partial charge in [-0.3, -0.25) is 20.4 Å². The van der Waals surface area contributed by atoms with E-state index in [4.69, 9.17) is 0 Å². The fourth-order valence-electron chi connectivity index (χ4n) is 2.49. The van der Waals surface area contributed by atoms with Crippen molar-refractivity contribution in [2.45, 2.75) is 6.92 Å². The predicted octanol–water partition coefficient (Wildman–Crippen LogP) is 3.40. The molecule has 0 saturated heterocycles. The van der Waals surface area contributed by atoms with E-state index in [1.165, 1.54) is 23.5 Å². The highest BCUT2D eigenvalue weighted by Gasteiger charge is 2.17. The third-order valence-electron chi connectivity index (χ3n) is 4.01. The van der Waals surface area contributed by atoms with E-state index in [2.05, 4.69) is 15.8 Å². The average molecular weight is 398 g/mol. The summed E-state index contributed by atoms with van der Waals surface area (Å²) in [6.07, 6.45) is 0. The van der Waals surface area contributed by atoms with Gasteiger partial charge in [-0.2, -0.15) is 0 Å². The Morgan fingerprint density at radius 2 is 1.71 bits per heavy atom. The van der Waals surface area contributed by atoms with E-state index >= 15 is 0 Å². The maximum Gasteiger partial charge on any atom is 0.281 e. The fraction of sp³-hybridized carbons (Fsp3) is 0.150. The van der Waals surface area contributed by atoms with Crippen LogP contribution < -0.4 is 15.8 Å². The highest BCUT2D eigenvalue weighted by Crippen LogP contribution is 2.27. The number of carbonyl (C=O) groups excluding carboxylic acids is 2. The smallest absolute Gasteiger partial charge is 0.281 e. The van der Waals surface area contributed by atoms with Gasteiger partial charge in [0.1, 0.15) is 15.7 Å². The SMILES string of the molecule is Cc1nc(-c2ccc(F)cc2)sc1C(=O)NNC(=O)c1cccc(N(C)C)c1. The zero-order chi connectivity index (χ0) is 20.3. The molecule has 0 aliphatic rings. The molecule has 2 amide bonds. The normalized spacial score (nSPS) is 10.4. The lowest BCUT2D eigenvalue weighted by Gasteiger charge is -2.13. The molecule has 2 N–H and O–H groups in total. The maximum atomic E-state index is 13.1. The lowest BCUT2D eigenvalue weighted by atomic mass is 10.2. The third kappa shape index (κ3) is 4.34. The monoisotopic (exact) mass is 398 g/mol. The summed E-state index contributed by atoms with van der Waals surface area (Å²) in [5, 5.41) is 0.604. The number of halogens is 1. The van der Waals surface area contributed by atoms with Crippen LogP contribution in [-0.4, -0.2) is 30.9 Å². The first-order valence-corrected chi connectivity index (χ1v) is 9.28. The molecule has 0 bridgehead atoms. The van der Waals surface area contributed by atoms with E-state index in [1.807, 2.05) is 25.1 Å². The van der Waals surface area contributed by atoms with Gasteiger partial charge in [0, 0.05) is 30.9 Å². The van der Waals surface area contributed by atoms with Gasteiger partial charge in [-0.1, -0.05) is 6.07 Å². The van der Waals surface area contributed by atoms with Crippen LogP contribution in [0, 0.1) is 12.7 Å². The second kappa shape index (κ2) is 8.18. The van der Waals surface area contributed by atoms with Crippen LogP contribution in [0.4, 0.5) is 10.1 Å². The number of nitrogens with one attached hydrogen (secondary N) is 2. The molecule has 3 aromatic rings.